The van der Waals surface area contributed by atoms with Gasteiger partial charge in [-0.1, -0.05) is 11.8 Å². The number of sulfone groups is 1. The molecule has 0 aromatic carbocycles. The molecule has 0 aromatic heterocycles. The zero-order chi connectivity index (χ0) is 11.0. The van der Waals surface area contributed by atoms with E-state index in [2.05, 4.69) is 10.3 Å². The Hall–Kier alpha value is -0.740. The minimum Gasteiger partial charge on any atom is -0.272 e. The normalized spacial score (nSPS) is 12.2. The van der Waals surface area contributed by atoms with E-state index in [9.17, 15) is 8.42 Å². The maximum atomic E-state index is 10.7. The maximum absolute atomic E-state index is 10.7. The molecule has 0 aromatic rings. The van der Waals surface area contributed by atoms with E-state index >= 15 is 0 Å². The molecule has 0 rings (SSSR count). The number of aliphatic imine (C=N–C) groups is 1. The molecule has 0 atom stereocenters. The molecule has 0 fully saturated rings. The van der Waals surface area contributed by atoms with Gasteiger partial charge < -0.3 is 0 Å². The predicted molar refractivity (Wildman–Crippen MR) is 58.9 cm³/mol. The monoisotopic (exact) mass is 235 g/mol. The lowest BCUT2D eigenvalue weighted by molar-refractivity contribution is 0.599. The van der Waals surface area contributed by atoms with Gasteiger partial charge in [0, 0.05) is 12.8 Å². The number of nitrogens with zero attached hydrogens (tertiary/aromatic N) is 2. The molecular formula is C7H13N3O2S2. The van der Waals surface area contributed by atoms with E-state index in [-0.39, 0.29) is 5.75 Å². The van der Waals surface area contributed by atoms with Gasteiger partial charge in [-0.25, -0.2) is 8.42 Å². The zero-order valence-corrected chi connectivity index (χ0v) is 9.78. The van der Waals surface area contributed by atoms with Gasteiger partial charge in [0.15, 0.2) is 11.4 Å². The summed E-state index contributed by atoms with van der Waals surface area (Å²) in [5, 5.41) is 11.2. The van der Waals surface area contributed by atoms with E-state index in [4.69, 9.17) is 5.26 Å². The molecule has 80 valence electrons. The SMILES string of the molecule is CSC(=NCCCS(C)(=O)=O)NC#N. The Morgan fingerprint density at radius 2 is 2.29 bits per heavy atom. The molecule has 0 bridgehead atoms. The maximum Gasteiger partial charge on any atom is 0.183 e. The Morgan fingerprint density at radius 1 is 1.64 bits per heavy atom. The number of nitrogens with one attached hydrogen (secondary N) is 1. The molecule has 0 aliphatic heterocycles. The van der Waals surface area contributed by atoms with E-state index in [1.807, 2.05) is 0 Å². The summed E-state index contributed by atoms with van der Waals surface area (Å²) in [6.45, 7) is 0.415. The number of rotatable bonds is 4. The van der Waals surface area contributed by atoms with Gasteiger partial charge in [0.05, 0.1) is 5.75 Å². The minimum atomic E-state index is -2.90. The van der Waals surface area contributed by atoms with Crippen LogP contribution in [0, 0.1) is 11.5 Å². The van der Waals surface area contributed by atoms with Gasteiger partial charge >= 0.3 is 0 Å². The first-order valence-corrected chi connectivity index (χ1v) is 7.19. The molecule has 7 heteroatoms. The van der Waals surface area contributed by atoms with Crippen molar-refractivity contribution in [2.24, 2.45) is 4.99 Å². The first-order chi connectivity index (χ1) is 6.49. The highest BCUT2D eigenvalue weighted by molar-refractivity contribution is 8.13. The van der Waals surface area contributed by atoms with Crippen molar-refractivity contribution in [3.63, 3.8) is 0 Å². The van der Waals surface area contributed by atoms with Crippen LogP contribution in [0.5, 0.6) is 0 Å². The number of thioether (sulfide) groups is 1. The molecule has 0 saturated carbocycles. The number of nitriles is 1. The van der Waals surface area contributed by atoms with E-state index in [0.29, 0.717) is 18.1 Å². The van der Waals surface area contributed by atoms with Crippen LogP contribution in [0.2, 0.25) is 0 Å². The largest absolute Gasteiger partial charge is 0.272 e. The minimum absolute atomic E-state index is 0.130. The number of hydrogen-bond acceptors (Lipinski definition) is 5. The molecule has 0 radical (unpaired) electrons. The van der Waals surface area contributed by atoms with Crippen LogP contribution in [0.3, 0.4) is 0 Å². The van der Waals surface area contributed by atoms with Crippen LogP contribution in [-0.4, -0.2) is 38.4 Å². The quantitative estimate of drug-likeness (QED) is 0.248. The van der Waals surface area contributed by atoms with Crippen LogP contribution in [0.4, 0.5) is 0 Å². The van der Waals surface area contributed by atoms with E-state index in [1.54, 1.807) is 12.4 Å². The van der Waals surface area contributed by atoms with Crippen molar-refractivity contribution in [1.29, 1.82) is 5.26 Å². The molecule has 0 unspecified atom stereocenters. The highest BCUT2D eigenvalue weighted by Gasteiger charge is 2.00. The van der Waals surface area contributed by atoms with Gasteiger partial charge in [-0.3, -0.25) is 10.3 Å². The second kappa shape index (κ2) is 6.68. The van der Waals surface area contributed by atoms with Crippen LogP contribution in [-0.2, 0) is 9.84 Å². The average molecular weight is 235 g/mol. The van der Waals surface area contributed by atoms with E-state index < -0.39 is 9.84 Å². The molecule has 0 saturated heterocycles. The highest BCUT2D eigenvalue weighted by atomic mass is 32.2. The fraction of sp³-hybridized carbons (Fsp3) is 0.714. The van der Waals surface area contributed by atoms with Gasteiger partial charge in [-0.15, -0.1) is 0 Å². The summed E-state index contributed by atoms with van der Waals surface area (Å²) >= 11 is 1.32. The summed E-state index contributed by atoms with van der Waals surface area (Å²) in [4.78, 5) is 4.02. The molecule has 5 nitrogen and oxygen atoms in total. The predicted octanol–water partition coefficient (Wildman–Crippen LogP) is 0.211. The Balaban J connectivity index is 3.86. The summed E-state index contributed by atoms with van der Waals surface area (Å²) < 4.78 is 21.5. The third-order valence-corrected chi connectivity index (χ3v) is 2.93. The number of amidine groups is 1. The lowest BCUT2D eigenvalue weighted by Gasteiger charge is -1.99. The van der Waals surface area contributed by atoms with Crippen molar-refractivity contribution in [2.75, 3.05) is 24.8 Å². The second-order valence-corrected chi connectivity index (χ2v) is 5.67. The van der Waals surface area contributed by atoms with E-state index in [0.717, 1.165) is 0 Å². The Labute approximate surface area is 88.5 Å². The van der Waals surface area contributed by atoms with Gasteiger partial charge in [0.2, 0.25) is 0 Å². The van der Waals surface area contributed by atoms with Crippen molar-refractivity contribution in [2.45, 2.75) is 6.42 Å². The van der Waals surface area contributed by atoms with Crippen molar-refractivity contribution in [3.05, 3.63) is 0 Å². The summed E-state index contributed by atoms with van der Waals surface area (Å²) in [6, 6.07) is 0. The van der Waals surface area contributed by atoms with Gasteiger partial charge in [-0.2, -0.15) is 5.26 Å². The molecular weight excluding hydrogens is 222 g/mol. The van der Waals surface area contributed by atoms with Crippen molar-refractivity contribution < 1.29 is 8.42 Å². The molecule has 0 amide bonds. The second-order valence-electron chi connectivity index (χ2n) is 2.61. The first kappa shape index (κ1) is 13.3. The third kappa shape index (κ3) is 7.89. The Morgan fingerprint density at radius 3 is 2.71 bits per heavy atom. The first-order valence-electron chi connectivity index (χ1n) is 3.91. The molecule has 14 heavy (non-hydrogen) atoms. The van der Waals surface area contributed by atoms with Crippen molar-refractivity contribution >= 4 is 26.8 Å². The highest BCUT2D eigenvalue weighted by Crippen LogP contribution is 1.96. The smallest absolute Gasteiger partial charge is 0.183 e. The molecule has 0 spiro atoms. The van der Waals surface area contributed by atoms with Gasteiger partial charge in [0.1, 0.15) is 9.84 Å². The fourth-order valence-electron chi connectivity index (χ4n) is 0.710. The summed E-state index contributed by atoms with van der Waals surface area (Å²) in [5.74, 6) is 0.130. The van der Waals surface area contributed by atoms with Crippen LogP contribution in [0.1, 0.15) is 6.42 Å². The fourth-order valence-corrected chi connectivity index (χ4v) is 1.73. The standard InChI is InChI=1S/C7H13N3O2S2/c1-13-7(10-6-8)9-4-3-5-14(2,11)12/h3-5H2,1-2H3,(H,9,10). The van der Waals surface area contributed by atoms with E-state index in [1.165, 1.54) is 18.0 Å². The van der Waals surface area contributed by atoms with Crippen molar-refractivity contribution in [3.8, 4) is 6.19 Å². The molecule has 0 aliphatic rings. The summed E-state index contributed by atoms with van der Waals surface area (Å²) in [6.07, 6.45) is 5.22. The van der Waals surface area contributed by atoms with Gasteiger partial charge in [0.25, 0.3) is 0 Å². The number of hydrogen-bond donors (Lipinski definition) is 1. The Kier molecular flexibility index (Phi) is 6.32. The lowest BCUT2D eigenvalue weighted by Crippen LogP contribution is -2.14. The van der Waals surface area contributed by atoms with Crippen LogP contribution >= 0.6 is 11.8 Å². The molecule has 1 N–H and O–H groups in total. The van der Waals surface area contributed by atoms with Gasteiger partial charge in [-0.05, 0) is 12.7 Å². The van der Waals surface area contributed by atoms with Crippen LogP contribution in [0.25, 0.3) is 0 Å². The van der Waals surface area contributed by atoms with Crippen molar-refractivity contribution in [1.82, 2.24) is 5.32 Å². The topological polar surface area (TPSA) is 82.3 Å². The molecule has 0 aliphatic carbocycles. The summed E-state index contributed by atoms with van der Waals surface area (Å²) in [5.41, 5.74) is 0. The third-order valence-electron chi connectivity index (χ3n) is 1.28. The van der Waals surface area contributed by atoms with Crippen LogP contribution in [0.15, 0.2) is 4.99 Å². The zero-order valence-electron chi connectivity index (χ0n) is 8.15. The van der Waals surface area contributed by atoms with Crippen LogP contribution < -0.4 is 5.32 Å². The summed E-state index contributed by atoms with van der Waals surface area (Å²) in [7, 11) is -2.90. The lowest BCUT2D eigenvalue weighted by atomic mass is 10.5. The molecule has 0 heterocycles. The average Bonchev–Trinajstić information content (AvgIpc) is 2.08. The Bertz CT molecular complexity index is 329.